The highest BCUT2D eigenvalue weighted by atomic mass is 127. The third-order valence-corrected chi connectivity index (χ3v) is 4.97. The van der Waals surface area contributed by atoms with E-state index in [4.69, 9.17) is 4.74 Å². The minimum absolute atomic E-state index is 0.123. The Balaban J connectivity index is 1.63. The van der Waals surface area contributed by atoms with Crippen molar-refractivity contribution in [1.82, 2.24) is 9.97 Å². The van der Waals surface area contributed by atoms with Crippen molar-refractivity contribution in [3.05, 3.63) is 49.4 Å². The number of aromatic amines is 1. The van der Waals surface area contributed by atoms with E-state index in [1.165, 1.54) is 0 Å². The summed E-state index contributed by atoms with van der Waals surface area (Å²) in [6.45, 7) is 4.48. The largest absolute Gasteiger partial charge is 0.378 e. The van der Waals surface area contributed by atoms with Gasteiger partial charge >= 0.3 is 0 Å². The molecule has 1 fully saturated rings. The number of H-pyrrole nitrogens is 1. The molecule has 26 heavy (non-hydrogen) atoms. The van der Waals surface area contributed by atoms with Crippen LogP contribution in [0.4, 0.5) is 11.6 Å². The molecule has 0 bridgehead atoms. The van der Waals surface area contributed by atoms with Gasteiger partial charge in [-0.1, -0.05) is 0 Å². The van der Waals surface area contributed by atoms with Crippen LogP contribution in [0.25, 0.3) is 0 Å². The summed E-state index contributed by atoms with van der Waals surface area (Å²) in [6, 6.07) is 7.57. The number of hydrogen-bond acceptors (Lipinski definition) is 5. The van der Waals surface area contributed by atoms with Crippen LogP contribution in [0.5, 0.6) is 0 Å². The van der Waals surface area contributed by atoms with E-state index in [0.717, 1.165) is 9.26 Å². The number of anilines is 2. The quantitative estimate of drug-likeness (QED) is 0.657. The van der Waals surface area contributed by atoms with Crippen LogP contribution < -0.4 is 15.8 Å². The highest BCUT2D eigenvalue weighted by Gasteiger charge is 2.16. The first-order chi connectivity index (χ1) is 12.5. The number of carbonyl (C=O) groups is 1. The predicted molar refractivity (Wildman–Crippen MR) is 109 cm³/mol. The number of ether oxygens (including phenoxy) is 1. The number of nitrogens with one attached hydrogen (secondary N) is 2. The second-order valence-corrected chi connectivity index (χ2v) is 7.35. The number of aryl methyl sites for hydroxylation is 1. The monoisotopic (exact) mass is 468 g/mol. The zero-order valence-corrected chi connectivity index (χ0v) is 16.7. The third-order valence-electron chi connectivity index (χ3n) is 4.25. The first kappa shape index (κ1) is 18.8. The van der Waals surface area contributed by atoms with Gasteiger partial charge < -0.3 is 15.0 Å². The Morgan fingerprint density at radius 1 is 1.31 bits per heavy atom. The maximum atomic E-state index is 12.4. The molecule has 0 atom stereocenters. The molecule has 1 saturated heterocycles. The molecule has 0 spiro atoms. The van der Waals surface area contributed by atoms with Gasteiger partial charge in [-0.05, 0) is 60.2 Å². The lowest BCUT2D eigenvalue weighted by Crippen LogP contribution is -2.38. The molecule has 0 aliphatic carbocycles. The summed E-state index contributed by atoms with van der Waals surface area (Å²) in [4.78, 5) is 33.9. The SMILES string of the molecule is Cc1nc(N2CCOCC2)[nH]c(=O)c1CCC(=O)Nc1ccc(I)cc1. The number of halogens is 1. The molecule has 1 aromatic heterocycles. The molecule has 7 nitrogen and oxygen atoms in total. The fraction of sp³-hybridized carbons (Fsp3) is 0.389. The van der Waals surface area contributed by atoms with Gasteiger partial charge in [-0.3, -0.25) is 14.6 Å². The van der Waals surface area contributed by atoms with Crippen LogP contribution in [0.3, 0.4) is 0 Å². The van der Waals surface area contributed by atoms with Gasteiger partial charge in [0.1, 0.15) is 0 Å². The van der Waals surface area contributed by atoms with Crippen LogP contribution >= 0.6 is 22.6 Å². The number of morpholine rings is 1. The van der Waals surface area contributed by atoms with Gasteiger partial charge in [-0.25, -0.2) is 4.98 Å². The smallest absolute Gasteiger partial charge is 0.255 e. The molecule has 1 aliphatic rings. The van der Waals surface area contributed by atoms with Crippen molar-refractivity contribution in [3.63, 3.8) is 0 Å². The fourth-order valence-electron chi connectivity index (χ4n) is 2.81. The molecule has 0 radical (unpaired) electrons. The van der Waals surface area contributed by atoms with Crippen LogP contribution in [0.15, 0.2) is 29.1 Å². The van der Waals surface area contributed by atoms with Crippen molar-refractivity contribution in [2.45, 2.75) is 19.8 Å². The van der Waals surface area contributed by atoms with E-state index in [1.54, 1.807) is 0 Å². The minimum Gasteiger partial charge on any atom is -0.378 e. The molecule has 2 heterocycles. The summed E-state index contributed by atoms with van der Waals surface area (Å²) in [5.74, 6) is 0.449. The minimum atomic E-state index is -0.180. The first-order valence-electron chi connectivity index (χ1n) is 8.51. The zero-order chi connectivity index (χ0) is 18.5. The van der Waals surface area contributed by atoms with Crippen molar-refractivity contribution in [3.8, 4) is 0 Å². The number of benzene rings is 1. The summed E-state index contributed by atoms with van der Waals surface area (Å²) in [5.41, 5.74) is 1.79. The van der Waals surface area contributed by atoms with Gasteiger partial charge in [-0.2, -0.15) is 0 Å². The van der Waals surface area contributed by atoms with E-state index in [0.29, 0.717) is 49.9 Å². The van der Waals surface area contributed by atoms with E-state index in [9.17, 15) is 9.59 Å². The Bertz CT molecular complexity index is 829. The van der Waals surface area contributed by atoms with Crippen LogP contribution in [-0.4, -0.2) is 42.2 Å². The summed E-state index contributed by atoms with van der Waals surface area (Å²) in [5, 5.41) is 2.84. The first-order valence-corrected chi connectivity index (χ1v) is 9.59. The van der Waals surface area contributed by atoms with Crippen molar-refractivity contribution in [1.29, 1.82) is 0 Å². The highest BCUT2D eigenvalue weighted by molar-refractivity contribution is 14.1. The molecule has 8 heteroatoms. The summed E-state index contributed by atoms with van der Waals surface area (Å²) >= 11 is 2.21. The molecule has 2 aromatic rings. The third kappa shape index (κ3) is 4.82. The number of nitrogens with zero attached hydrogens (tertiary/aromatic N) is 2. The number of aromatic nitrogens is 2. The van der Waals surface area contributed by atoms with Crippen LogP contribution in [0.1, 0.15) is 17.7 Å². The van der Waals surface area contributed by atoms with E-state index >= 15 is 0 Å². The highest BCUT2D eigenvalue weighted by Crippen LogP contribution is 2.13. The molecule has 0 unspecified atom stereocenters. The van der Waals surface area contributed by atoms with Gasteiger partial charge in [0.2, 0.25) is 11.9 Å². The van der Waals surface area contributed by atoms with Gasteiger partial charge in [0.05, 0.1) is 13.2 Å². The molecule has 3 rings (SSSR count). The Labute approximate surface area is 165 Å². The van der Waals surface area contributed by atoms with E-state index in [2.05, 4.69) is 37.9 Å². The number of hydrogen-bond donors (Lipinski definition) is 2. The maximum absolute atomic E-state index is 12.4. The normalized spacial score (nSPS) is 14.3. The summed E-state index contributed by atoms with van der Waals surface area (Å²) < 4.78 is 6.43. The van der Waals surface area contributed by atoms with Gasteiger partial charge in [0.25, 0.3) is 5.56 Å². The summed E-state index contributed by atoms with van der Waals surface area (Å²) in [6.07, 6.45) is 0.586. The van der Waals surface area contributed by atoms with E-state index in [-0.39, 0.29) is 17.9 Å². The van der Waals surface area contributed by atoms with Crippen molar-refractivity contribution < 1.29 is 9.53 Å². The lowest BCUT2D eigenvalue weighted by atomic mass is 10.1. The predicted octanol–water partition coefficient (Wildman–Crippen LogP) is 2.09. The molecular formula is C18H21IN4O3. The second kappa shape index (κ2) is 8.63. The van der Waals surface area contributed by atoms with E-state index in [1.807, 2.05) is 36.1 Å². The van der Waals surface area contributed by atoms with Crippen LogP contribution in [0.2, 0.25) is 0 Å². The Morgan fingerprint density at radius 3 is 2.65 bits per heavy atom. The van der Waals surface area contributed by atoms with Crippen molar-refractivity contribution >= 4 is 40.1 Å². The van der Waals surface area contributed by atoms with Gasteiger partial charge in [0.15, 0.2) is 0 Å². The lowest BCUT2D eigenvalue weighted by Gasteiger charge is -2.27. The second-order valence-electron chi connectivity index (χ2n) is 6.11. The number of rotatable bonds is 5. The number of carbonyl (C=O) groups excluding carboxylic acids is 1. The molecule has 1 aliphatic heterocycles. The molecule has 1 amide bonds. The average Bonchev–Trinajstić information content (AvgIpc) is 2.63. The van der Waals surface area contributed by atoms with E-state index < -0.39 is 0 Å². The standard InChI is InChI=1S/C18H21IN4O3/c1-12-15(6-7-16(24)21-14-4-2-13(19)3-5-14)17(25)22-18(20-12)23-8-10-26-11-9-23/h2-5H,6-11H2,1H3,(H,21,24)(H,20,22,25). The average molecular weight is 468 g/mol. The zero-order valence-electron chi connectivity index (χ0n) is 14.5. The van der Waals surface area contributed by atoms with Crippen molar-refractivity contribution in [2.75, 3.05) is 36.5 Å². The van der Waals surface area contributed by atoms with Crippen molar-refractivity contribution in [2.24, 2.45) is 0 Å². The summed E-state index contributed by atoms with van der Waals surface area (Å²) in [7, 11) is 0. The molecule has 1 aromatic carbocycles. The topological polar surface area (TPSA) is 87.3 Å². The van der Waals surface area contributed by atoms with Gasteiger partial charge in [0, 0.05) is 40.0 Å². The maximum Gasteiger partial charge on any atom is 0.255 e. The number of amides is 1. The fourth-order valence-corrected chi connectivity index (χ4v) is 3.17. The molecule has 2 N–H and O–H groups in total. The lowest BCUT2D eigenvalue weighted by molar-refractivity contribution is -0.116. The Kier molecular flexibility index (Phi) is 6.25. The molecular weight excluding hydrogens is 447 g/mol. The van der Waals surface area contributed by atoms with Gasteiger partial charge in [-0.15, -0.1) is 0 Å². The molecule has 138 valence electrons. The molecule has 0 saturated carbocycles. The van der Waals surface area contributed by atoms with Crippen LogP contribution in [0, 0.1) is 10.5 Å². The Hall–Kier alpha value is -1.94. The van der Waals surface area contributed by atoms with Crippen LogP contribution in [-0.2, 0) is 16.0 Å². The Morgan fingerprint density at radius 2 is 2.00 bits per heavy atom.